The summed E-state index contributed by atoms with van der Waals surface area (Å²) >= 11 is 12.8. The lowest BCUT2D eigenvalue weighted by Crippen LogP contribution is -2.51. The van der Waals surface area contributed by atoms with Gasteiger partial charge in [0.1, 0.15) is 18.4 Å². The molecule has 0 saturated heterocycles. The number of carbonyl (C=O) groups excluding carboxylic acids is 2. The molecule has 0 spiro atoms. The van der Waals surface area contributed by atoms with Crippen LogP contribution >= 0.6 is 23.2 Å². The highest BCUT2D eigenvalue weighted by Crippen LogP contribution is 2.28. The van der Waals surface area contributed by atoms with E-state index in [2.05, 4.69) is 5.32 Å². The van der Waals surface area contributed by atoms with Crippen LogP contribution < -0.4 is 9.62 Å². The van der Waals surface area contributed by atoms with Gasteiger partial charge in [0.25, 0.3) is 10.0 Å². The first-order chi connectivity index (χ1) is 18.9. The summed E-state index contributed by atoms with van der Waals surface area (Å²) in [4.78, 5) is 28.0. The Labute approximate surface area is 244 Å². The monoisotopic (exact) mass is 607 g/mol. The first-order valence-electron chi connectivity index (χ1n) is 12.8. The minimum Gasteiger partial charge on any atom is -0.354 e. The molecule has 11 heteroatoms. The van der Waals surface area contributed by atoms with Crippen molar-refractivity contribution in [3.8, 4) is 0 Å². The van der Waals surface area contributed by atoms with Crippen LogP contribution in [0.3, 0.4) is 0 Å². The predicted molar refractivity (Wildman–Crippen MR) is 157 cm³/mol. The van der Waals surface area contributed by atoms with Crippen LogP contribution in [0.4, 0.5) is 10.1 Å². The van der Waals surface area contributed by atoms with E-state index in [1.807, 2.05) is 13.8 Å². The number of hydrogen-bond donors (Lipinski definition) is 1. The van der Waals surface area contributed by atoms with Gasteiger partial charge in [-0.2, -0.15) is 0 Å². The SMILES string of the molecule is CCCCNC(=O)C(C)N(Cc1c(Cl)cccc1Cl)C(=O)CN(c1ccc(C)cc1)S(=O)(=O)c1ccc(F)cc1. The number of nitrogens with one attached hydrogen (secondary N) is 1. The molecule has 0 aliphatic rings. The fraction of sp³-hybridized carbons (Fsp3) is 0.310. The lowest BCUT2D eigenvalue weighted by atomic mass is 10.1. The van der Waals surface area contributed by atoms with E-state index in [0.717, 1.165) is 47.0 Å². The number of sulfonamides is 1. The maximum atomic E-state index is 13.9. The number of unbranched alkanes of at least 4 members (excludes halogenated alkanes) is 1. The van der Waals surface area contributed by atoms with Gasteiger partial charge in [-0.15, -0.1) is 0 Å². The summed E-state index contributed by atoms with van der Waals surface area (Å²) in [5.41, 5.74) is 1.55. The minimum absolute atomic E-state index is 0.127. The zero-order chi connectivity index (χ0) is 29.4. The molecule has 0 aliphatic carbocycles. The van der Waals surface area contributed by atoms with Gasteiger partial charge in [-0.25, -0.2) is 12.8 Å². The van der Waals surface area contributed by atoms with Crippen LogP contribution in [0.2, 0.25) is 10.0 Å². The second-order valence-electron chi connectivity index (χ2n) is 9.34. The van der Waals surface area contributed by atoms with E-state index >= 15 is 0 Å². The van der Waals surface area contributed by atoms with Crippen molar-refractivity contribution < 1.29 is 22.4 Å². The van der Waals surface area contributed by atoms with E-state index in [0.29, 0.717) is 22.2 Å². The van der Waals surface area contributed by atoms with Crippen LogP contribution in [0.15, 0.2) is 71.6 Å². The summed E-state index contributed by atoms with van der Waals surface area (Å²) in [6.07, 6.45) is 1.64. The maximum Gasteiger partial charge on any atom is 0.264 e. The van der Waals surface area contributed by atoms with Gasteiger partial charge in [0.15, 0.2) is 0 Å². The molecule has 1 N–H and O–H groups in total. The molecule has 214 valence electrons. The van der Waals surface area contributed by atoms with Gasteiger partial charge >= 0.3 is 0 Å². The maximum absolute atomic E-state index is 13.9. The third-order valence-corrected chi connectivity index (χ3v) is 8.89. The molecule has 0 bridgehead atoms. The van der Waals surface area contributed by atoms with Crippen LogP contribution in [0, 0.1) is 12.7 Å². The molecule has 2 amide bonds. The normalized spacial score (nSPS) is 12.1. The Kier molecular flexibility index (Phi) is 11.0. The van der Waals surface area contributed by atoms with Crippen LogP contribution in [0.5, 0.6) is 0 Å². The van der Waals surface area contributed by atoms with Gasteiger partial charge in [-0.05, 0) is 68.8 Å². The molecule has 0 aliphatic heterocycles. The second kappa shape index (κ2) is 14.0. The Balaban J connectivity index is 2.03. The Bertz CT molecular complexity index is 1410. The minimum atomic E-state index is -4.30. The van der Waals surface area contributed by atoms with Gasteiger partial charge in [-0.3, -0.25) is 13.9 Å². The van der Waals surface area contributed by atoms with Gasteiger partial charge in [-0.1, -0.05) is 60.3 Å². The van der Waals surface area contributed by atoms with Crippen molar-refractivity contribution in [2.75, 3.05) is 17.4 Å². The van der Waals surface area contributed by atoms with E-state index in [1.165, 1.54) is 4.90 Å². The lowest BCUT2D eigenvalue weighted by Gasteiger charge is -2.32. The molecule has 0 aromatic heterocycles. The highest BCUT2D eigenvalue weighted by Gasteiger charge is 2.33. The second-order valence-corrected chi connectivity index (χ2v) is 12.0. The smallest absolute Gasteiger partial charge is 0.264 e. The van der Waals surface area contributed by atoms with Crippen molar-refractivity contribution in [1.29, 1.82) is 0 Å². The number of amides is 2. The Morgan fingerprint density at radius 1 is 0.975 bits per heavy atom. The third kappa shape index (κ3) is 7.74. The summed E-state index contributed by atoms with van der Waals surface area (Å²) < 4.78 is 42.0. The first kappa shape index (κ1) is 31.4. The summed E-state index contributed by atoms with van der Waals surface area (Å²) in [6, 6.07) is 14.9. The fourth-order valence-corrected chi connectivity index (χ4v) is 5.88. The lowest BCUT2D eigenvalue weighted by molar-refractivity contribution is -0.139. The summed E-state index contributed by atoms with van der Waals surface area (Å²) in [5, 5.41) is 3.43. The number of hydrogen-bond acceptors (Lipinski definition) is 4. The zero-order valence-electron chi connectivity index (χ0n) is 22.5. The molecule has 0 radical (unpaired) electrons. The van der Waals surface area contributed by atoms with Crippen molar-refractivity contribution >= 4 is 50.7 Å². The highest BCUT2D eigenvalue weighted by molar-refractivity contribution is 7.92. The van der Waals surface area contributed by atoms with Gasteiger partial charge in [0.05, 0.1) is 10.6 Å². The van der Waals surface area contributed by atoms with Crippen molar-refractivity contribution in [3.05, 3.63) is 93.7 Å². The predicted octanol–water partition coefficient (Wildman–Crippen LogP) is 5.97. The molecule has 3 aromatic carbocycles. The largest absolute Gasteiger partial charge is 0.354 e. The standard InChI is InChI=1S/C29H32Cl2FN3O4S/c1-4-5-17-33-29(37)21(3)34(18-25-26(30)7-6-8-27(25)31)28(36)19-35(23-13-9-20(2)10-14-23)40(38,39)24-15-11-22(32)12-16-24/h6-16,21H,4-5,17-19H2,1-3H3,(H,33,37). The van der Waals surface area contributed by atoms with E-state index in [9.17, 15) is 22.4 Å². The van der Waals surface area contributed by atoms with Crippen molar-refractivity contribution in [3.63, 3.8) is 0 Å². The van der Waals surface area contributed by atoms with E-state index in [-0.39, 0.29) is 17.1 Å². The molecular formula is C29H32Cl2FN3O4S. The van der Waals surface area contributed by atoms with Crippen LogP contribution in [0.1, 0.15) is 37.8 Å². The van der Waals surface area contributed by atoms with E-state index in [1.54, 1.807) is 49.4 Å². The van der Waals surface area contributed by atoms with Gasteiger partial charge < -0.3 is 10.2 Å². The Hall–Kier alpha value is -3.14. The fourth-order valence-electron chi connectivity index (χ4n) is 3.95. The molecule has 3 rings (SSSR count). The highest BCUT2D eigenvalue weighted by atomic mass is 35.5. The van der Waals surface area contributed by atoms with Crippen molar-refractivity contribution in [1.82, 2.24) is 10.2 Å². The first-order valence-corrected chi connectivity index (χ1v) is 15.0. The molecule has 0 saturated carbocycles. The summed E-state index contributed by atoms with van der Waals surface area (Å²) in [5.74, 6) is -1.64. The molecule has 0 heterocycles. The van der Waals surface area contributed by atoms with Crippen molar-refractivity contribution in [2.24, 2.45) is 0 Å². The van der Waals surface area contributed by atoms with Gasteiger partial charge in [0.2, 0.25) is 11.8 Å². The van der Waals surface area contributed by atoms with E-state index < -0.39 is 40.2 Å². The number of halogens is 3. The summed E-state index contributed by atoms with van der Waals surface area (Å²) in [7, 11) is -4.30. The molecule has 7 nitrogen and oxygen atoms in total. The quantitative estimate of drug-likeness (QED) is 0.257. The number of aryl methyl sites for hydroxylation is 1. The molecule has 40 heavy (non-hydrogen) atoms. The number of nitrogens with zero attached hydrogens (tertiary/aromatic N) is 2. The molecular weight excluding hydrogens is 576 g/mol. The van der Waals surface area contributed by atoms with Crippen LogP contribution in [-0.4, -0.2) is 44.3 Å². The third-order valence-electron chi connectivity index (χ3n) is 6.39. The molecule has 0 fully saturated rings. The molecule has 1 atom stereocenters. The number of rotatable bonds is 12. The van der Waals surface area contributed by atoms with Gasteiger partial charge in [0, 0.05) is 28.7 Å². The summed E-state index contributed by atoms with van der Waals surface area (Å²) in [6.45, 7) is 5.08. The number of benzene rings is 3. The Morgan fingerprint density at radius 2 is 1.57 bits per heavy atom. The molecule has 1 unspecified atom stereocenters. The van der Waals surface area contributed by atoms with Crippen LogP contribution in [0.25, 0.3) is 0 Å². The Morgan fingerprint density at radius 3 is 2.15 bits per heavy atom. The molecule has 3 aromatic rings. The zero-order valence-corrected chi connectivity index (χ0v) is 24.9. The number of carbonyl (C=O) groups is 2. The number of anilines is 1. The average Bonchev–Trinajstić information content (AvgIpc) is 2.92. The van der Waals surface area contributed by atoms with Crippen molar-refractivity contribution in [2.45, 2.75) is 51.1 Å². The van der Waals surface area contributed by atoms with E-state index in [4.69, 9.17) is 23.2 Å². The topological polar surface area (TPSA) is 86.8 Å². The average molecular weight is 609 g/mol. The van der Waals surface area contributed by atoms with Crippen LogP contribution in [-0.2, 0) is 26.2 Å².